The van der Waals surface area contributed by atoms with Crippen LogP contribution in [0.1, 0.15) is 5.56 Å². The summed E-state index contributed by atoms with van der Waals surface area (Å²) in [5, 5.41) is 0.665. The third kappa shape index (κ3) is 3.23. The van der Waals surface area contributed by atoms with Crippen molar-refractivity contribution in [1.82, 2.24) is 9.97 Å². The fraction of sp³-hybridized carbons (Fsp3) is 0.0909. The Labute approximate surface area is 114 Å². The summed E-state index contributed by atoms with van der Waals surface area (Å²) in [6, 6.07) is 4.55. The highest BCUT2D eigenvalue weighted by atomic mass is 79.9. The summed E-state index contributed by atoms with van der Waals surface area (Å²) in [5.74, 6) is -0.368. The van der Waals surface area contributed by atoms with Crippen molar-refractivity contribution in [3.05, 3.63) is 46.4 Å². The average Bonchev–Trinajstić information content (AvgIpc) is 2.35. The van der Waals surface area contributed by atoms with E-state index in [1.807, 2.05) is 0 Å². The van der Waals surface area contributed by atoms with Crippen LogP contribution >= 0.6 is 31.9 Å². The van der Waals surface area contributed by atoms with Gasteiger partial charge < -0.3 is 4.74 Å². The number of halogens is 3. The number of alkyl halides is 1. The van der Waals surface area contributed by atoms with Crippen LogP contribution in [0.2, 0.25) is 0 Å². The predicted octanol–water partition coefficient (Wildman–Crippen LogP) is 4.07. The minimum atomic E-state index is -0.457. The van der Waals surface area contributed by atoms with Gasteiger partial charge in [0.25, 0.3) is 0 Å². The van der Waals surface area contributed by atoms with E-state index in [-0.39, 0.29) is 11.8 Å². The molecule has 0 radical (unpaired) electrons. The van der Waals surface area contributed by atoms with Gasteiger partial charge >= 0.3 is 6.01 Å². The third-order valence-electron chi connectivity index (χ3n) is 1.93. The van der Waals surface area contributed by atoms with Crippen LogP contribution in [0.5, 0.6) is 11.8 Å². The summed E-state index contributed by atoms with van der Waals surface area (Å²) in [7, 11) is 0. The van der Waals surface area contributed by atoms with Gasteiger partial charge in [-0.2, -0.15) is 0 Å². The molecule has 0 aliphatic heterocycles. The zero-order valence-electron chi connectivity index (χ0n) is 8.53. The van der Waals surface area contributed by atoms with Crippen LogP contribution < -0.4 is 4.74 Å². The quantitative estimate of drug-likeness (QED) is 0.773. The van der Waals surface area contributed by atoms with E-state index >= 15 is 0 Å². The molecule has 0 aliphatic rings. The van der Waals surface area contributed by atoms with E-state index in [0.29, 0.717) is 5.33 Å². The van der Waals surface area contributed by atoms with Crippen LogP contribution in [-0.2, 0) is 5.33 Å². The molecule has 2 rings (SSSR count). The van der Waals surface area contributed by atoms with Crippen molar-refractivity contribution < 1.29 is 9.13 Å². The normalized spacial score (nSPS) is 10.3. The summed E-state index contributed by atoms with van der Waals surface area (Å²) in [4.78, 5) is 7.94. The lowest BCUT2D eigenvalue weighted by atomic mass is 10.3. The summed E-state index contributed by atoms with van der Waals surface area (Å²) >= 11 is 6.52. The highest BCUT2D eigenvalue weighted by Gasteiger charge is 2.07. The highest BCUT2D eigenvalue weighted by molar-refractivity contribution is 9.10. The van der Waals surface area contributed by atoms with Crippen LogP contribution in [-0.4, -0.2) is 9.97 Å². The van der Waals surface area contributed by atoms with E-state index < -0.39 is 5.82 Å². The summed E-state index contributed by atoms with van der Waals surface area (Å²) in [6.07, 6.45) is 3.24. The Morgan fingerprint density at radius 3 is 2.59 bits per heavy atom. The predicted molar refractivity (Wildman–Crippen MR) is 68.8 cm³/mol. The van der Waals surface area contributed by atoms with Crippen LogP contribution in [0.25, 0.3) is 0 Å². The van der Waals surface area contributed by atoms with Gasteiger partial charge in [-0.3, -0.25) is 0 Å². The summed E-state index contributed by atoms with van der Waals surface area (Å²) in [6.45, 7) is 0. The van der Waals surface area contributed by atoms with Crippen LogP contribution in [0, 0.1) is 5.82 Å². The number of nitrogens with zero attached hydrogens (tertiary/aromatic N) is 2. The number of rotatable bonds is 3. The Morgan fingerprint density at radius 1 is 1.24 bits per heavy atom. The second-order valence-electron chi connectivity index (χ2n) is 3.18. The molecule has 1 aromatic carbocycles. The zero-order valence-corrected chi connectivity index (χ0v) is 11.7. The molecule has 6 heteroatoms. The van der Waals surface area contributed by atoms with Gasteiger partial charge in [-0.15, -0.1) is 0 Å². The molecule has 0 atom stereocenters. The maximum Gasteiger partial charge on any atom is 0.321 e. The van der Waals surface area contributed by atoms with Crippen molar-refractivity contribution in [2.24, 2.45) is 0 Å². The SMILES string of the molecule is Fc1ccc(Br)cc1Oc1ncc(CBr)cn1. The molecule has 3 nitrogen and oxygen atoms in total. The maximum atomic E-state index is 13.4. The first-order chi connectivity index (χ1) is 8.19. The van der Waals surface area contributed by atoms with Gasteiger partial charge in [0.2, 0.25) is 0 Å². The van der Waals surface area contributed by atoms with E-state index in [2.05, 4.69) is 41.8 Å². The second-order valence-corrected chi connectivity index (χ2v) is 4.66. The topological polar surface area (TPSA) is 35.0 Å². The van der Waals surface area contributed by atoms with Gasteiger partial charge in [0.15, 0.2) is 11.6 Å². The highest BCUT2D eigenvalue weighted by Crippen LogP contribution is 2.25. The van der Waals surface area contributed by atoms with Crippen LogP contribution in [0.15, 0.2) is 35.1 Å². The second kappa shape index (κ2) is 5.55. The van der Waals surface area contributed by atoms with Crippen molar-refractivity contribution in [3.8, 4) is 11.8 Å². The first-order valence-electron chi connectivity index (χ1n) is 4.69. The Morgan fingerprint density at radius 2 is 1.94 bits per heavy atom. The molecule has 0 N–H and O–H groups in total. The van der Waals surface area contributed by atoms with Gasteiger partial charge in [0.1, 0.15) is 0 Å². The van der Waals surface area contributed by atoms with Gasteiger partial charge in [-0.05, 0) is 23.8 Å². The van der Waals surface area contributed by atoms with E-state index in [1.165, 1.54) is 12.1 Å². The smallest absolute Gasteiger partial charge is 0.321 e. The van der Waals surface area contributed by atoms with Crippen LogP contribution in [0.3, 0.4) is 0 Å². The van der Waals surface area contributed by atoms with E-state index in [9.17, 15) is 4.39 Å². The minimum Gasteiger partial charge on any atom is -0.421 e. The zero-order chi connectivity index (χ0) is 12.3. The van der Waals surface area contributed by atoms with E-state index in [4.69, 9.17) is 4.74 Å². The fourth-order valence-corrected chi connectivity index (χ4v) is 1.75. The van der Waals surface area contributed by atoms with Crippen molar-refractivity contribution in [2.45, 2.75) is 5.33 Å². The summed E-state index contributed by atoms with van der Waals surface area (Å²) in [5.41, 5.74) is 0.923. The standard InChI is InChI=1S/C11H7Br2FN2O/c12-4-7-5-15-11(16-6-7)17-10-3-8(13)1-2-9(10)14/h1-3,5-6H,4H2. The van der Waals surface area contributed by atoms with Gasteiger partial charge in [-0.1, -0.05) is 31.9 Å². The number of benzene rings is 1. The van der Waals surface area contributed by atoms with Crippen molar-refractivity contribution >= 4 is 31.9 Å². The van der Waals surface area contributed by atoms with Gasteiger partial charge in [0, 0.05) is 22.2 Å². The Hall–Kier alpha value is -1.01. The molecule has 0 unspecified atom stereocenters. The minimum absolute atomic E-state index is 0.0889. The lowest BCUT2D eigenvalue weighted by Crippen LogP contribution is -1.94. The Kier molecular flexibility index (Phi) is 4.06. The Balaban J connectivity index is 2.22. The van der Waals surface area contributed by atoms with E-state index in [1.54, 1.807) is 18.5 Å². The third-order valence-corrected chi connectivity index (χ3v) is 3.07. The molecule has 0 bridgehead atoms. The molecular weight excluding hydrogens is 355 g/mol. The largest absolute Gasteiger partial charge is 0.421 e. The number of hydrogen-bond donors (Lipinski definition) is 0. The molecule has 1 aromatic heterocycles. The maximum absolute atomic E-state index is 13.4. The molecular formula is C11H7Br2FN2O. The molecule has 0 fully saturated rings. The van der Waals surface area contributed by atoms with Gasteiger partial charge in [-0.25, -0.2) is 14.4 Å². The van der Waals surface area contributed by atoms with Crippen molar-refractivity contribution in [2.75, 3.05) is 0 Å². The lowest BCUT2D eigenvalue weighted by Gasteiger charge is -2.05. The number of ether oxygens (including phenoxy) is 1. The molecule has 0 spiro atoms. The van der Waals surface area contributed by atoms with Crippen molar-refractivity contribution in [1.29, 1.82) is 0 Å². The number of aromatic nitrogens is 2. The van der Waals surface area contributed by atoms with Gasteiger partial charge in [0.05, 0.1) is 0 Å². The summed E-state index contributed by atoms with van der Waals surface area (Å²) < 4.78 is 19.4. The number of hydrogen-bond acceptors (Lipinski definition) is 3. The molecule has 0 saturated carbocycles. The first-order valence-corrected chi connectivity index (χ1v) is 6.60. The molecule has 0 aliphatic carbocycles. The van der Waals surface area contributed by atoms with Crippen molar-refractivity contribution in [3.63, 3.8) is 0 Å². The molecule has 17 heavy (non-hydrogen) atoms. The van der Waals surface area contributed by atoms with E-state index in [0.717, 1.165) is 10.0 Å². The fourth-order valence-electron chi connectivity index (χ4n) is 1.12. The molecule has 0 amide bonds. The first kappa shape index (κ1) is 12.4. The average molecular weight is 362 g/mol. The lowest BCUT2D eigenvalue weighted by molar-refractivity contribution is 0.410. The molecule has 1 heterocycles. The molecule has 88 valence electrons. The van der Waals surface area contributed by atoms with Crippen LogP contribution in [0.4, 0.5) is 4.39 Å². The monoisotopic (exact) mass is 360 g/mol. The molecule has 2 aromatic rings. The Bertz CT molecular complexity index is 519. The molecule has 0 saturated heterocycles.